The van der Waals surface area contributed by atoms with Gasteiger partial charge in [-0.25, -0.2) is 0 Å². The van der Waals surface area contributed by atoms with Crippen LogP contribution in [0.15, 0.2) is 67.1 Å². The minimum Gasteiger partial charge on any atom is -0.378 e. The molecule has 0 spiro atoms. The molecule has 0 aliphatic rings. The highest BCUT2D eigenvalue weighted by Gasteiger charge is 2.32. The van der Waals surface area contributed by atoms with Gasteiger partial charge in [0, 0.05) is 36.4 Å². The molecule has 1 N–H and O–H groups in total. The van der Waals surface area contributed by atoms with Gasteiger partial charge < -0.3 is 10.0 Å². The largest absolute Gasteiger partial charge is 0.433 e. The number of aromatic nitrogens is 2. The van der Waals surface area contributed by atoms with Crippen molar-refractivity contribution in [1.82, 2.24) is 9.97 Å². The number of rotatable bonds is 6. The summed E-state index contributed by atoms with van der Waals surface area (Å²) >= 11 is 0. The van der Waals surface area contributed by atoms with Gasteiger partial charge in [0.1, 0.15) is 5.69 Å². The van der Waals surface area contributed by atoms with E-state index >= 15 is 0 Å². The average molecular weight is 415 g/mol. The van der Waals surface area contributed by atoms with Crippen LogP contribution in [0.25, 0.3) is 0 Å². The molecule has 0 aliphatic carbocycles. The first-order valence-electron chi connectivity index (χ1n) is 9.24. The zero-order valence-electron chi connectivity index (χ0n) is 16.2. The van der Waals surface area contributed by atoms with Gasteiger partial charge in [0.2, 0.25) is 0 Å². The van der Waals surface area contributed by atoms with Crippen molar-refractivity contribution in [3.63, 3.8) is 0 Å². The number of halogens is 3. The van der Waals surface area contributed by atoms with E-state index in [1.165, 1.54) is 23.4 Å². The maximum absolute atomic E-state index is 13.0. The van der Waals surface area contributed by atoms with E-state index in [0.29, 0.717) is 16.8 Å². The summed E-state index contributed by atoms with van der Waals surface area (Å²) in [5.41, 5.74) is 1.52. The second-order valence-corrected chi connectivity index (χ2v) is 6.81. The second-order valence-electron chi connectivity index (χ2n) is 6.81. The van der Waals surface area contributed by atoms with Crippen LogP contribution in [0.1, 0.15) is 28.5 Å². The number of pyridine rings is 2. The minimum atomic E-state index is -4.50. The van der Waals surface area contributed by atoms with Crippen LogP contribution in [0.4, 0.5) is 18.9 Å². The lowest BCUT2D eigenvalue weighted by Crippen LogP contribution is -2.37. The molecule has 0 bridgehead atoms. The highest BCUT2D eigenvalue weighted by atomic mass is 19.4. The van der Waals surface area contributed by atoms with E-state index in [2.05, 4.69) is 9.97 Å². The Morgan fingerprint density at radius 2 is 1.83 bits per heavy atom. The number of hydrogen-bond acceptors (Lipinski definition) is 4. The van der Waals surface area contributed by atoms with Gasteiger partial charge in [-0.05, 0) is 43.2 Å². The van der Waals surface area contributed by atoms with E-state index in [-0.39, 0.29) is 13.0 Å². The number of aliphatic hydroxyl groups is 1. The number of amides is 1. The molecular weight excluding hydrogens is 395 g/mol. The van der Waals surface area contributed by atoms with Crippen LogP contribution >= 0.6 is 0 Å². The predicted molar refractivity (Wildman–Crippen MR) is 106 cm³/mol. The highest BCUT2D eigenvalue weighted by molar-refractivity contribution is 5.97. The summed E-state index contributed by atoms with van der Waals surface area (Å²) in [5.74, 6) is -0.549. The standard InChI is InChI=1S/C22H20F3N3O2/c1-15-4-7-18(8-5-15)28(21(30)20(29)17-3-2-11-26-14-17)12-10-16-6-9-19(27-13-16)22(23,24)25/h2-9,11,13-14,20,29H,10,12H2,1H3. The lowest BCUT2D eigenvalue weighted by atomic mass is 10.1. The van der Waals surface area contributed by atoms with Gasteiger partial charge in [-0.15, -0.1) is 0 Å². The molecule has 1 atom stereocenters. The first-order chi connectivity index (χ1) is 14.3. The van der Waals surface area contributed by atoms with Crippen LogP contribution in [-0.4, -0.2) is 27.5 Å². The van der Waals surface area contributed by atoms with Gasteiger partial charge in [-0.1, -0.05) is 29.8 Å². The molecule has 0 saturated carbocycles. The van der Waals surface area contributed by atoms with Crippen molar-refractivity contribution >= 4 is 11.6 Å². The fraction of sp³-hybridized carbons (Fsp3) is 0.227. The molecular formula is C22H20F3N3O2. The minimum absolute atomic E-state index is 0.159. The third-order valence-corrected chi connectivity index (χ3v) is 4.59. The number of carbonyl (C=O) groups is 1. The zero-order valence-corrected chi connectivity index (χ0v) is 16.2. The topological polar surface area (TPSA) is 66.3 Å². The summed E-state index contributed by atoms with van der Waals surface area (Å²) in [6.45, 7) is 2.07. The lowest BCUT2D eigenvalue weighted by molar-refractivity contribution is -0.141. The molecule has 1 amide bonds. The van der Waals surface area contributed by atoms with E-state index in [0.717, 1.165) is 17.8 Å². The van der Waals surface area contributed by atoms with Crippen LogP contribution < -0.4 is 4.90 Å². The van der Waals surface area contributed by atoms with Gasteiger partial charge in [0.05, 0.1) is 0 Å². The van der Waals surface area contributed by atoms with Crippen molar-refractivity contribution in [3.05, 3.63) is 89.5 Å². The van der Waals surface area contributed by atoms with Crippen molar-refractivity contribution in [2.24, 2.45) is 0 Å². The first kappa shape index (κ1) is 21.4. The van der Waals surface area contributed by atoms with Gasteiger partial charge in [-0.2, -0.15) is 13.2 Å². The van der Waals surface area contributed by atoms with Crippen molar-refractivity contribution in [2.45, 2.75) is 25.6 Å². The van der Waals surface area contributed by atoms with Crippen LogP contribution in [-0.2, 0) is 17.4 Å². The third-order valence-electron chi connectivity index (χ3n) is 4.59. The Morgan fingerprint density at radius 1 is 1.10 bits per heavy atom. The molecule has 0 radical (unpaired) electrons. The van der Waals surface area contributed by atoms with Gasteiger partial charge in [0.25, 0.3) is 5.91 Å². The molecule has 8 heteroatoms. The number of carbonyl (C=O) groups excluding carboxylic acids is 1. The molecule has 2 aromatic heterocycles. The number of alkyl halides is 3. The van der Waals surface area contributed by atoms with Crippen molar-refractivity contribution in [3.8, 4) is 0 Å². The number of anilines is 1. The molecule has 2 heterocycles. The van der Waals surface area contributed by atoms with Crippen LogP contribution in [0, 0.1) is 6.92 Å². The fourth-order valence-electron chi connectivity index (χ4n) is 2.90. The number of aliphatic hydroxyl groups excluding tert-OH is 1. The monoisotopic (exact) mass is 415 g/mol. The predicted octanol–water partition coefficient (Wildman–Crippen LogP) is 4.11. The molecule has 0 aliphatic heterocycles. The van der Waals surface area contributed by atoms with Crippen LogP contribution in [0.2, 0.25) is 0 Å². The smallest absolute Gasteiger partial charge is 0.378 e. The van der Waals surface area contributed by atoms with Crippen molar-refractivity contribution in [1.29, 1.82) is 0 Å². The van der Waals surface area contributed by atoms with Crippen molar-refractivity contribution < 1.29 is 23.1 Å². The Morgan fingerprint density at radius 3 is 2.40 bits per heavy atom. The summed E-state index contributed by atoms with van der Waals surface area (Å²) in [6, 6.07) is 12.7. The lowest BCUT2D eigenvalue weighted by Gasteiger charge is -2.25. The Balaban J connectivity index is 1.81. The maximum atomic E-state index is 13.0. The average Bonchev–Trinajstić information content (AvgIpc) is 2.74. The molecule has 5 nitrogen and oxygen atoms in total. The van der Waals surface area contributed by atoms with E-state index in [4.69, 9.17) is 0 Å². The summed E-state index contributed by atoms with van der Waals surface area (Å²) in [6.07, 6.45) is -1.55. The van der Waals surface area contributed by atoms with Gasteiger partial charge in [0.15, 0.2) is 6.10 Å². The zero-order chi connectivity index (χ0) is 21.7. The Bertz CT molecular complexity index is 975. The maximum Gasteiger partial charge on any atom is 0.433 e. The highest BCUT2D eigenvalue weighted by Crippen LogP contribution is 2.27. The molecule has 3 aromatic rings. The fourth-order valence-corrected chi connectivity index (χ4v) is 2.90. The molecule has 3 rings (SSSR count). The Labute approximate surface area is 171 Å². The van der Waals surface area contributed by atoms with E-state index in [1.54, 1.807) is 24.3 Å². The molecule has 1 unspecified atom stereocenters. The first-order valence-corrected chi connectivity index (χ1v) is 9.24. The summed E-state index contributed by atoms with van der Waals surface area (Å²) < 4.78 is 38.1. The van der Waals surface area contributed by atoms with E-state index in [9.17, 15) is 23.1 Å². The Hall–Kier alpha value is -3.26. The van der Waals surface area contributed by atoms with Gasteiger partial charge >= 0.3 is 6.18 Å². The number of aryl methyl sites for hydroxylation is 1. The summed E-state index contributed by atoms with van der Waals surface area (Å²) in [4.78, 5) is 21.8. The van der Waals surface area contributed by atoms with E-state index < -0.39 is 23.9 Å². The molecule has 0 saturated heterocycles. The molecule has 156 valence electrons. The third kappa shape index (κ3) is 5.21. The van der Waals surface area contributed by atoms with Crippen LogP contribution in [0.3, 0.4) is 0 Å². The number of nitrogens with zero attached hydrogens (tertiary/aromatic N) is 3. The van der Waals surface area contributed by atoms with Crippen LogP contribution in [0.5, 0.6) is 0 Å². The summed E-state index contributed by atoms with van der Waals surface area (Å²) in [5, 5.41) is 10.5. The molecule has 1 aromatic carbocycles. The number of benzene rings is 1. The Kier molecular flexibility index (Phi) is 6.47. The normalized spacial score (nSPS) is 12.4. The number of hydrogen-bond donors (Lipinski definition) is 1. The molecule has 0 fully saturated rings. The SMILES string of the molecule is Cc1ccc(N(CCc2ccc(C(F)(F)F)nc2)C(=O)C(O)c2cccnc2)cc1. The van der Waals surface area contributed by atoms with E-state index in [1.807, 2.05) is 19.1 Å². The summed E-state index contributed by atoms with van der Waals surface area (Å²) in [7, 11) is 0. The second kappa shape index (κ2) is 9.04. The molecule has 30 heavy (non-hydrogen) atoms. The van der Waals surface area contributed by atoms with Gasteiger partial charge in [-0.3, -0.25) is 14.8 Å². The van der Waals surface area contributed by atoms with Crippen molar-refractivity contribution in [2.75, 3.05) is 11.4 Å². The quantitative estimate of drug-likeness (QED) is 0.658.